The second-order valence-electron chi connectivity index (χ2n) is 31.7. The molecule has 602 valence electrons. The summed E-state index contributed by atoms with van der Waals surface area (Å²) < 4.78 is 46.7. The molecule has 0 spiro atoms. The molecule has 4 unspecified atom stereocenters. The number of terminal acetylenes is 2. The fraction of sp³-hybridized carbons (Fsp3) is 0.495. The molecule has 11 rings (SSSR count). The summed E-state index contributed by atoms with van der Waals surface area (Å²) in [7, 11) is -1.98. The number of carbonyl (C=O) groups is 2. The lowest BCUT2D eigenvalue weighted by atomic mass is 9.54. The maximum atomic E-state index is 14.8. The Morgan fingerprint density at radius 3 is 1.50 bits per heavy atom. The molecule has 4 aromatic heterocycles. The first kappa shape index (κ1) is 86.8. The molecule has 6 saturated carbocycles. The smallest absolute Gasteiger partial charge is 0.416 e. The summed E-state index contributed by atoms with van der Waals surface area (Å²) >= 11 is 0. The molecule has 4 heterocycles. The van der Waals surface area contributed by atoms with Gasteiger partial charge >= 0.3 is 12.1 Å². The summed E-state index contributed by atoms with van der Waals surface area (Å²) in [5, 5.41) is 6.71. The zero-order chi connectivity index (χ0) is 83.2. The molecule has 0 aliphatic heterocycles. The number of esters is 1. The van der Waals surface area contributed by atoms with E-state index in [1.807, 2.05) is 0 Å². The van der Waals surface area contributed by atoms with E-state index in [-0.39, 0.29) is 53.7 Å². The van der Waals surface area contributed by atoms with E-state index < -0.39 is 22.1 Å². The predicted octanol–water partition coefficient (Wildman–Crippen LogP) is 17.0. The molecule has 21 nitrogen and oxygen atoms in total. The molecule has 0 radical (unpaired) electrons. The van der Waals surface area contributed by atoms with Gasteiger partial charge in [0.25, 0.3) is 11.4 Å². The minimum absolute atomic E-state index is 0.0434. The Morgan fingerprint density at radius 1 is 0.581 bits per heavy atom. The third-order valence-corrected chi connectivity index (χ3v) is 24.3. The Hall–Kier alpha value is -12.6. The SMILES string of the molecule is [C-]#[N+]c1c(CC2C(C)CC(C)CC2C)c2nc(-c3cc(NS(C)(=O)=O)ccc3OC)[nH]n2c1OC(C)=O.[C-]#[N+]c1c(CC2C(C3CCCCC3)CC(C3CCCCC3)CC2C2CCCCC2)c2nc(C3CCC(C)CC3)[nH]n2c1OC(=O)N(CC(=C)OOC#CC#CC#CC#CC#CC#C)CC(=C)OOC#CC#CC#CC#CC#CC#C. The van der Waals surface area contributed by atoms with Gasteiger partial charge in [0.15, 0.2) is 29.6 Å². The number of aromatic amines is 2. The molecule has 1 aromatic carbocycles. The number of amides is 1. The highest BCUT2D eigenvalue weighted by Gasteiger charge is 2.47. The van der Waals surface area contributed by atoms with Crippen LogP contribution in [0.25, 0.3) is 32.4 Å². The molecule has 0 saturated heterocycles. The second-order valence-corrected chi connectivity index (χ2v) is 33.5. The molecule has 3 N–H and O–H groups in total. The van der Waals surface area contributed by atoms with Crippen molar-refractivity contribution in [3.8, 4) is 172 Å². The maximum absolute atomic E-state index is 14.8. The van der Waals surface area contributed by atoms with Crippen molar-refractivity contribution in [1.29, 1.82) is 0 Å². The lowest BCUT2D eigenvalue weighted by molar-refractivity contribution is -0.205. The van der Waals surface area contributed by atoms with Gasteiger partial charge in [0.1, 0.15) is 22.9 Å². The number of methoxy groups -OCH3 is 1. The monoisotopic (exact) mass is 1590 g/mol. The fourth-order valence-electron chi connectivity index (χ4n) is 18.7. The van der Waals surface area contributed by atoms with Gasteiger partial charge in [-0.2, -0.15) is 0 Å². The van der Waals surface area contributed by atoms with E-state index in [2.05, 4.69) is 196 Å². The van der Waals surface area contributed by atoms with Crippen LogP contribution in [0, 0.1) is 228 Å². The fourth-order valence-corrected chi connectivity index (χ4v) is 19.3. The molecule has 0 bridgehead atoms. The molecular formula is C95H100N10O11S. The Balaban J connectivity index is 0.000000324. The number of sulfonamides is 1. The van der Waals surface area contributed by atoms with Gasteiger partial charge in [-0.25, -0.2) is 51.7 Å². The van der Waals surface area contributed by atoms with Crippen molar-refractivity contribution in [2.24, 2.45) is 71.0 Å². The first-order valence-corrected chi connectivity index (χ1v) is 42.3. The molecule has 6 aliphatic carbocycles. The Morgan fingerprint density at radius 2 is 1.03 bits per heavy atom. The van der Waals surface area contributed by atoms with Crippen LogP contribution in [0.4, 0.5) is 21.9 Å². The van der Waals surface area contributed by atoms with Crippen molar-refractivity contribution >= 4 is 50.4 Å². The van der Waals surface area contributed by atoms with Crippen LogP contribution in [0.1, 0.15) is 205 Å². The van der Waals surface area contributed by atoms with Gasteiger partial charge in [0.05, 0.1) is 45.2 Å². The van der Waals surface area contributed by atoms with E-state index in [0.717, 1.165) is 73.6 Å². The number of ether oxygens (including phenoxy) is 3. The van der Waals surface area contributed by atoms with Crippen LogP contribution in [-0.4, -0.2) is 81.0 Å². The molecule has 6 aliphatic rings. The molecular weight excluding hydrogens is 1490 g/mol. The lowest BCUT2D eigenvalue weighted by Gasteiger charge is -2.51. The quantitative estimate of drug-likeness (QED) is 0.0147. The van der Waals surface area contributed by atoms with Gasteiger partial charge in [0, 0.05) is 88.9 Å². The third kappa shape index (κ3) is 24.2. The summed E-state index contributed by atoms with van der Waals surface area (Å²) in [6.07, 6.45) is 44.9. The van der Waals surface area contributed by atoms with Crippen LogP contribution in [0.2, 0.25) is 0 Å². The third-order valence-electron chi connectivity index (χ3n) is 23.7. The Kier molecular flexibility index (Phi) is 32.0. The highest BCUT2D eigenvalue weighted by molar-refractivity contribution is 7.92. The number of anilines is 1. The summed E-state index contributed by atoms with van der Waals surface area (Å²) in [6.45, 7) is 34.4. The molecule has 22 heteroatoms. The van der Waals surface area contributed by atoms with Gasteiger partial charge < -0.3 is 14.2 Å². The standard InChI is InChI=1S/C69H67N5O6.C26H33N5O5S/c1-7-9-11-13-15-17-19-21-23-34-46-76-79-54(4)51-73(52-55(5)80-77-47-35-24-22-20-18-16-14-12-10-8-2)69(75)78-68-65(70-6)64(67-71-66(72-74(67)68)59-44-42-53(3)43-45-59)50-63-61(57-38-30-26-31-39-57)48-60(56-36-28-25-29-37-56)49-62(63)58-40-32-27-33-41-58;1-14-10-15(2)19(16(3)11-14)13-21-23(27-5)26(36-17(4)32)31-25(21)28-24(29-31)20-12-18(30-37(7,33)34)8-9-22(20)35-6/h1-2,53,56-63H,4-5,25-33,36-45,48-52H2,3H3,(H,71,72);8-9,12,14-16,19,30H,10-11,13H2,1-4,6-7H3,(H,28,29). The van der Waals surface area contributed by atoms with Crippen molar-refractivity contribution in [2.75, 3.05) is 31.2 Å². The predicted molar refractivity (Wildman–Crippen MR) is 450 cm³/mol. The number of benzene rings is 1. The van der Waals surface area contributed by atoms with Crippen LogP contribution in [0.3, 0.4) is 0 Å². The Labute approximate surface area is 690 Å². The van der Waals surface area contributed by atoms with Gasteiger partial charge in [-0.3, -0.25) is 34.4 Å². The normalized spacial score (nSPS) is 21.4. The van der Waals surface area contributed by atoms with Crippen LogP contribution in [-0.2, 0) is 47.2 Å². The van der Waals surface area contributed by atoms with Gasteiger partial charge in [-0.1, -0.05) is 150 Å². The van der Waals surface area contributed by atoms with Gasteiger partial charge in [-0.15, -0.1) is 12.8 Å². The molecule has 1 amide bonds. The van der Waals surface area contributed by atoms with Crippen LogP contribution in [0.15, 0.2) is 42.9 Å². The molecule has 4 atom stereocenters. The average Bonchev–Trinajstić information content (AvgIpc) is 1.61. The van der Waals surface area contributed by atoms with Crippen molar-refractivity contribution in [1.82, 2.24) is 34.1 Å². The van der Waals surface area contributed by atoms with E-state index >= 15 is 0 Å². The number of hydrogen-bond donors (Lipinski definition) is 3. The van der Waals surface area contributed by atoms with Crippen molar-refractivity contribution in [3.05, 3.63) is 82.7 Å². The first-order chi connectivity index (χ1) is 56.7. The number of fused-ring (bicyclic) bond motifs is 2. The van der Waals surface area contributed by atoms with Crippen LogP contribution in [0.5, 0.6) is 17.5 Å². The summed E-state index contributed by atoms with van der Waals surface area (Å²) in [4.78, 5) is 67.0. The van der Waals surface area contributed by atoms with Crippen LogP contribution < -0.4 is 18.9 Å². The van der Waals surface area contributed by atoms with Crippen LogP contribution >= 0.6 is 0 Å². The van der Waals surface area contributed by atoms with E-state index in [4.69, 9.17) is 69.7 Å². The number of H-pyrrole nitrogens is 2. The van der Waals surface area contributed by atoms with Crippen molar-refractivity contribution in [2.45, 2.75) is 201 Å². The van der Waals surface area contributed by atoms with E-state index in [9.17, 15) is 18.0 Å². The molecule has 6 fully saturated rings. The number of nitrogens with one attached hydrogen (secondary N) is 3. The number of hydrogen-bond acceptors (Lipinski definition) is 13. The van der Waals surface area contributed by atoms with Gasteiger partial charge in [-0.05, 0) is 200 Å². The minimum atomic E-state index is -3.49. The largest absolute Gasteiger partial charge is 0.496 e. The first-order valence-electron chi connectivity index (χ1n) is 40.5. The Bertz CT molecular complexity index is 5320. The molecule has 5 aromatic rings. The summed E-state index contributed by atoms with van der Waals surface area (Å²) in [5.41, 5.74) is 4.17. The molecule has 117 heavy (non-hydrogen) atoms. The highest BCUT2D eigenvalue weighted by Crippen LogP contribution is 2.56. The lowest BCUT2D eigenvalue weighted by Crippen LogP contribution is -2.44. The zero-order valence-corrected chi connectivity index (χ0v) is 68.7. The maximum Gasteiger partial charge on any atom is 0.416 e. The number of aromatic nitrogens is 6. The zero-order valence-electron chi connectivity index (χ0n) is 67.9. The number of nitrogens with zero attached hydrogens (tertiary/aromatic N) is 7. The average molecular weight is 1590 g/mol. The van der Waals surface area contributed by atoms with Gasteiger partial charge in [0.2, 0.25) is 21.8 Å². The number of rotatable bonds is 22. The summed E-state index contributed by atoms with van der Waals surface area (Å²) in [6, 6.07) is 4.86. The van der Waals surface area contributed by atoms with E-state index in [0.29, 0.717) is 106 Å². The number of carbonyl (C=O) groups excluding carboxylic acids is 2. The van der Waals surface area contributed by atoms with Crippen molar-refractivity contribution in [3.63, 3.8) is 0 Å². The minimum Gasteiger partial charge on any atom is -0.496 e. The van der Waals surface area contributed by atoms with Crippen molar-refractivity contribution < 1.29 is 51.8 Å². The van der Waals surface area contributed by atoms with E-state index in [1.165, 1.54) is 133 Å². The van der Waals surface area contributed by atoms with E-state index in [1.54, 1.807) is 22.7 Å². The topological polar surface area (TPSA) is 223 Å². The second kappa shape index (κ2) is 43.2. The summed E-state index contributed by atoms with van der Waals surface area (Å²) in [5.74, 6) is 57.3. The highest BCUT2D eigenvalue weighted by atomic mass is 32.2.